The van der Waals surface area contributed by atoms with Crippen LogP contribution in [0.4, 0.5) is 0 Å². The van der Waals surface area contributed by atoms with Gasteiger partial charge in [-0.25, -0.2) is 4.79 Å². The van der Waals surface area contributed by atoms with Crippen molar-refractivity contribution in [2.45, 2.75) is 26.4 Å². The van der Waals surface area contributed by atoms with Crippen molar-refractivity contribution >= 4 is 38.0 Å². The van der Waals surface area contributed by atoms with Gasteiger partial charge in [0.05, 0.1) is 15.0 Å². The number of aromatic hydroxyl groups is 1. The molecule has 0 unspecified atom stereocenters. The van der Waals surface area contributed by atoms with E-state index < -0.39 is 5.60 Å². The van der Waals surface area contributed by atoms with Gasteiger partial charge in [-0.3, -0.25) is 0 Å². The molecule has 0 amide bonds. The SMILES string of the molecule is CC(C)(C)OC(=O)c1csc2scc(O)c12. The van der Waals surface area contributed by atoms with Crippen LogP contribution in [-0.4, -0.2) is 16.7 Å². The summed E-state index contributed by atoms with van der Waals surface area (Å²) in [5, 5.41) is 13.6. The Hall–Kier alpha value is -1.07. The van der Waals surface area contributed by atoms with Crippen LogP contribution in [0.25, 0.3) is 9.40 Å². The Morgan fingerprint density at radius 2 is 1.94 bits per heavy atom. The first kappa shape index (κ1) is 11.4. The zero-order valence-corrected chi connectivity index (χ0v) is 10.9. The summed E-state index contributed by atoms with van der Waals surface area (Å²) in [6.07, 6.45) is 0. The van der Waals surface area contributed by atoms with Crippen LogP contribution in [0.5, 0.6) is 5.75 Å². The Morgan fingerprint density at radius 1 is 1.31 bits per heavy atom. The third kappa shape index (κ3) is 2.05. The summed E-state index contributed by atoms with van der Waals surface area (Å²) < 4.78 is 6.22. The Kier molecular flexibility index (Phi) is 2.67. The van der Waals surface area contributed by atoms with Crippen molar-refractivity contribution in [2.24, 2.45) is 0 Å². The highest BCUT2D eigenvalue weighted by molar-refractivity contribution is 7.37. The molecule has 3 nitrogen and oxygen atoms in total. The normalized spacial score (nSPS) is 11.9. The van der Waals surface area contributed by atoms with E-state index >= 15 is 0 Å². The highest BCUT2D eigenvalue weighted by Crippen LogP contribution is 2.39. The largest absolute Gasteiger partial charge is 0.506 e. The topological polar surface area (TPSA) is 46.5 Å². The Bertz CT molecular complexity index is 531. The number of esters is 1. The fraction of sp³-hybridized carbons (Fsp3) is 0.364. The predicted molar refractivity (Wildman–Crippen MR) is 66.5 cm³/mol. The lowest BCUT2D eigenvalue weighted by Crippen LogP contribution is -2.23. The lowest BCUT2D eigenvalue weighted by atomic mass is 10.2. The average Bonchev–Trinajstić information content (AvgIpc) is 2.66. The molecule has 1 N–H and O–H groups in total. The van der Waals surface area contributed by atoms with Gasteiger partial charge < -0.3 is 9.84 Å². The molecule has 86 valence electrons. The summed E-state index contributed by atoms with van der Waals surface area (Å²) in [6, 6.07) is 0. The summed E-state index contributed by atoms with van der Waals surface area (Å²) in [5.74, 6) is -0.227. The van der Waals surface area contributed by atoms with Crippen LogP contribution in [-0.2, 0) is 4.74 Å². The smallest absolute Gasteiger partial charge is 0.340 e. The van der Waals surface area contributed by atoms with E-state index in [0.29, 0.717) is 10.9 Å². The molecule has 0 aliphatic carbocycles. The van der Waals surface area contributed by atoms with Gasteiger partial charge in [0, 0.05) is 10.8 Å². The maximum absolute atomic E-state index is 11.9. The maximum Gasteiger partial charge on any atom is 0.340 e. The van der Waals surface area contributed by atoms with Gasteiger partial charge in [-0.1, -0.05) is 0 Å². The highest BCUT2D eigenvalue weighted by Gasteiger charge is 2.22. The van der Waals surface area contributed by atoms with Crippen LogP contribution in [0.2, 0.25) is 0 Å². The van der Waals surface area contributed by atoms with Crippen molar-refractivity contribution in [3.63, 3.8) is 0 Å². The van der Waals surface area contributed by atoms with E-state index in [1.807, 2.05) is 20.8 Å². The molecule has 0 saturated heterocycles. The fourth-order valence-corrected chi connectivity index (χ4v) is 3.27. The minimum Gasteiger partial charge on any atom is -0.506 e. The summed E-state index contributed by atoms with van der Waals surface area (Å²) in [6.45, 7) is 5.46. The summed E-state index contributed by atoms with van der Waals surface area (Å²) in [7, 11) is 0. The Labute approximate surface area is 101 Å². The first-order valence-corrected chi connectivity index (χ1v) is 6.55. The predicted octanol–water partition coefficient (Wildman–Crippen LogP) is 3.62. The van der Waals surface area contributed by atoms with Crippen LogP contribution in [0.3, 0.4) is 0 Å². The molecule has 0 atom stereocenters. The molecular formula is C11H12O3S2. The molecule has 0 bridgehead atoms. The van der Waals surface area contributed by atoms with Crippen molar-refractivity contribution in [3.8, 4) is 5.75 Å². The van der Waals surface area contributed by atoms with Crippen LogP contribution in [0, 0.1) is 0 Å². The number of fused-ring (bicyclic) bond motifs is 1. The average molecular weight is 256 g/mol. The third-order valence-electron chi connectivity index (χ3n) is 1.91. The van der Waals surface area contributed by atoms with Gasteiger partial charge in [-0.05, 0) is 20.8 Å². The molecule has 5 heteroatoms. The zero-order valence-electron chi connectivity index (χ0n) is 9.23. The lowest BCUT2D eigenvalue weighted by molar-refractivity contribution is 0.00721. The van der Waals surface area contributed by atoms with Gasteiger partial charge in [0.2, 0.25) is 0 Å². The van der Waals surface area contributed by atoms with Gasteiger partial charge in [0.15, 0.2) is 0 Å². The minimum atomic E-state index is -0.517. The fourth-order valence-electron chi connectivity index (χ4n) is 1.32. The van der Waals surface area contributed by atoms with E-state index in [1.165, 1.54) is 22.7 Å². The van der Waals surface area contributed by atoms with Crippen molar-refractivity contribution in [3.05, 3.63) is 16.3 Å². The molecule has 16 heavy (non-hydrogen) atoms. The van der Waals surface area contributed by atoms with Crippen LogP contribution in [0.1, 0.15) is 31.1 Å². The number of thiophene rings is 2. The maximum atomic E-state index is 11.9. The van der Waals surface area contributed by atoms with E-state index in [1.54, 1.807) is 10.8 Å². The second-order valence-corrected chi connectivity index (χ2v) is 6.45. The van der Waals surface area contributed by atoms with Crippen molar-refractivity contribution in [2.75, 3.05) is 0 Å². The monoisotopic (exact) mass is 256 g/mol. The molecule has 0 aliphatic heterocycles. The number of ether oxygens (including phenoxy) is 1. The number of hydrogen-bond acceptors (Lipinski definition) is 5. The summed E-state index contributed by atoms with van der Waals surface area (Å²) >= 11 is 2.88. The zero-order chi connectivity index (χ0) is 11.9. The second kappa shape index (κ2) is 3.75. The molecule has 0 saturated carbocycles. The summed E-state index contributed by atoms with van der Waals surface area (Å²) in [4.78, 5) is 11.9. The minimum absolute atomic E-state index is 0.155. The Balaban J connectivity index is 2.40. The number of carbonyl (C=O) groups excluding carboxylic acids is 1. The first-order valence-electron chi connectivity index (χ1n) is 4.79. The highest BCUT2D eigenvalue weighted by atomic mass is 32.2. The van der Waals surface area contributed by atoms with Crippen molar-refractivity contribution in [1.29, 1.82) is 0 Å². The number of rotatable bonds is 1. The van der Waals surface area contributed by atoms with Gasteiger partial charge >= 0.3 is 5.97 Å². The van der Waals surface area contributed by atoms with E-state index in [4.69, 9.17) is 4.74 Å². The van der Waals surface area contributed by atoms with Crippen LogP contribution in [0.15, 0.2) is 10.8 Å². The van der Waals surface area contributed by atoms with Gasteiger partial charge in [0.1, 0.15) is 11.4 Å². The molecule has 2 heterocycles. The van der Waals surface area contributed by atoms with Crippen LogP contribution < -0.4 is 0 Å². The molecule has 2 rings (SSSR count). The summed E-state index contributed by atoms with van der Waals surface area (Å²) in [5.41, 5.74) is -0.0644. The second-order valence-electron chi connectivity index (χ2n) is 4.43. The third-order valence-corrected chi connectivity index (χ3v) is 4.02. The quantitative estimate of drug-likeness (QED) is 0.793. The molecule has 0 spiro atoms. The van der Waals surface area contributed by atoms with Gasteiger partial charge in [0.25, 0.3) is 0 Å². The number of hydrogen-bond donors (Lipinski definition) is 1. The van der Waals surface area contributed by atoms with Gasteiger partial charge in [-0.15, -0.1) is 22.7 Å². The molecule has 2 aromatic heterocycles. The molecular weight excluding hydrogens is 244 g/mol. The lowest BCUT2D eigenvalue weighted by Gasteiger charge is -2.19. The molecule has 0 radical (unpaired) electrons. The van der Waals surface area contributed by atoms with E-state index in [-0.39, 0.29) is 11.7 Å². The van der Waals surface area contributed by atoms with Crippen LogP contribution >= 0.6 is 22.7 Å². The molecule has 0 aliphatic rings. The van der Waals surface area contributed by atoms with E-state index in [2.05, 4.69) is 0 Å². The van der Waals surface area contributed by atoms with Crippen molar-refractivity contribution < 1.29 is 14.6 Å². The first-order chi connectivity index (χ1) is 7.38. The van der Waals surface area contributed by atoms with E-state index in [9.17, 15) is 9.90 Å². The molecule has 2 aromatic rings. The van der Waals surface area contributed by atoms with E-state index in [0.717, 1.165) is 4.01 Å². The van der Waals surface area contributed by atoms with Gasteiger partial charge in [-0.2, -0.15) is 0 Å². The molecule has 0 aromatic carbocycles. The number of carbonyl (C=O) groups is 1. The standard InChI is InChI=1S/C11H12O3S2/c1-11(2,3)14-9(13)6-4-15-10-8(6)7(12)5-16-10/h4-5,12H,1-3H3. The molecule has 0 fully saturated rings. The van der Waals surface area contributed by atoms with Crippen molar-refractivity contribution in [1.82, 2.24) is 0 Å². The Morgan fingerprint density at radius 3 is 2.56 bits per heavy atom.